The summed E-state index contributed by atoms with van der Waals surface area (Å²) in [5.74, 6) is 1.96. The molecule has 10 heteroatoms. The molecule has 1 aromatic carbocycles. The lowest BCUT2D eigenvalue weighted by Gasteiger charge is -2.16. The third kappa shape index (κ3) is 5.65. The maximum Gasteiger partial charge on any atom is 0.235 e. The number of rotatable bonds is 10. The van der Waals surface area contributed by atoms with Gasteiger partial charge in [-0.15, -0.1) is 28.1 Å². The number of allylic oxidation sites excluding steroid dienone is 1. The zero-order valence-corrected chi connectivity index (χ0v) is 18.7. The van der Waals surface area contributed by atoms with Crippen molar-refractivity contribution in [2.75, 3.05) is 18.2 Å². The average Bonchev–Trinajstić information content (AvgIpc) is 3.39. The highest BCUT2D eigenvalue weighted by molar-refractivity contribution is 7.99. The second-order valence-corrected chi connectivity index (χ2v) is 8.15. The number of aromatic nitrogens is 3. The van der Waals surface area contributed by atoms with Crippen LogP contribution in [0.25, 0.3) is 0 Å². The number of methoxy groups -OCH3 is 1. The Kier molecular flexibility index (Phi) is 7.70. The van der Waals surface area contributed by atoms with Gasteiger partial charge in [0.1, 0.15) is 22.6 Å². The minimum Gasteiger partial charge on any atom is -0.497 e. The van der Waals surface area contributed by atoms with E-state index in [1.807, 2.05) is 35.8 Å². The maximum atomic E-state index is 12.3. The molecule has 3 aromatic rings. The first-order valence-electron chi connectivity index (χ1n) is 9.30. The van der Waals surface area contributed by atoms with Crippen LogP contribution in [0.1, 0.15) is 24.4 Å². The van der Waals surface area contributed by atoms with E-state index in [4.69, 9.17) is 14.7 Å². The molecule has 0 saturated carbocycles. The van der Waals surface area contributed by atoms with Gasteiger partial charge in [0.15, 0.2) is 17.1 Å². The second-order valence-electron chi connectivity index (χ2n) is 6.29. The average molecular weight is 456 g/mol. The van der Waals surface area contributed by atoms with Crippen LogP contribution in [0.4, 0.5) is 5.00 Å². The Hall–Kier alpha value is -3.29. The molecule has 1 unspecified atom stereocenters. The van der Waals surface area contributed by atoms with Crippen molar-refractivity contribution in [2.24, 2.45) is 0 Å². The van der Waals surface area contributed by atoms with Gasteiger partial charge < -0.3 is 14.8 Å². The van der Waals surface area contributed by atoms with E-state index in [1.165, 1.54) is 23.1 Å². The zero-order valence-electron chi connectivity index (χ0n) is 17.1. The van der Waals surface area contributed by atoms with Crippen LogP contribution in [0, 0.1) is 11.3 Å². The number of hydrogen-bond donors (Lipinski definition) is 1. The van der Waals surface area contributed by atoms with E-state index in [1.54, 1.807) is 24.6 Å². The lowest BCUT2D eigenvalue weighted by atomic mass is 10.3. The summed E-state index contributed by atoms with van der Waals surface area (Å²) in [5, 5.41) is 23.2. The summed E-state index contributed by atoms with van der Waals surface area (Å²) in [5.41, 5.74) is 0.449. The Morgan fingerprint density at radius 3 is 2.77 bits per heavy atom. The van der Waals surface area contributed by atoms with E-state index in [2.05, 4.69) is 28.2 Å². The number of nitrogens with one attached hydrogen (secondary N) is 1. The number of carbonyl (C=O) groups is 1. The molecule has 0 bridgehead atoms. The molecule has 160 valence electrons. The monoisotopic (exact) mass is 455 g/mol. The van der Waals surface area contributed by atoms with Crippen LogP contribution in [-0.4, -0.2) is 33.5 Å². The maximum absolute atomic E-state index is 12.3. The molecule has 8 nitrogen and oxygen atoms in total. The van der Waals surface area contributed by atoms with Crippen LogP contribution in [0.15, 0.2) is 53.5 Å². The van der Waals surface area contributed by atoms with Crippen LogP contribution >= 0.6 is 23.1 Å². The third-order valence-electron chi connectivity index (χ3n) is 4.16. The van der Waals surface area contributed by atoms with Crippen molar-refractivity contribution in [1.29, 1.82) is 5.26 Å². The number of nitriles is 1. The molecule has 3 rings (SSSR count). The van der Waals surface area contributed by atoms with Crippen molar-refractivity contribution in [3.05, 3.63) is 59.8 Å². The largest absolute Gasteiger partial charge is 0.497 e. The Balaban J connectivity index is 1.66. The molecule has 31 heavy (non-hydrogen) atoms. The SMILES string of the molecule is C=CCn1c(SCC(=O)Nc2sccc2C#N)nnc1C(C)Oc1ccc(OC)cc1. The lowest BCUT2D eigenvalue weighted by molar-refractivity contribution is -0.113. The number of nitrogens with zero attached hydrogens (tertiary/aromatic N) is 4. The van der Waals surface area contributed by atoms with Crippen LogP contribution in [-0.2, 0) is 11.3 Å². The molecule has 0 saturated heterocycles. The molecule has 0 spiro atoms. The van der Waals surface area contributed by atoms with Gasteiger partial charge in [0.25, 0.3) is 0 Å². The Bertz CT molecular complexity index is 1090. The normalized spacial score (nSPS) is 11.4. The zero-order chi connectivity index (χ0) is 22.2. The molecule has 1 atom stereocenters. The lowest BCUT2D eigenvalue weighted by Crippen LogP contribution is -2.15. The van der Waals surface area contributed by atoms with Gasteiger partial charge in [0.05, 0.1) is 18.4 Å². The van der Waals surface area contributed by atoms with Crippen LogP contribution in [0.3, 0.4) is 0 Å². The van der Waals surface area contributed by atoms with Gasteiger partial charge in [0.2, 0.25) is 5.91 Å². The van der Waals surface area contributed by atoms with Crippen molar-refractivity contribution in [3.8, 4) is 17.6 Å². The molecule has 0 radical (unpaired) electrons. The Morgan fingerprint density at radius 2 is 2.10 bits per heavy atom. The first-order valence-corrected chi connectivity index (χ1v) is 11.2. The van der Waals surface area contributed by atoms with Crippen molar-refractivity contribution in [3.63, 3.8) is 0 Å². The van der Waals surface area contributed by atoms with Gasteiger partial charge >= 0.3 is 0 Å². The fourth-order valence-corrected chi connectivity index (χ4v) is 4.21. The van der Waals surface area contributed by atoms with E-state index in [0.29, 0.717) is 33.8 Å². The van der Waals surface area contributed by atoms with E-state index < -0.39 is 0 Å². The molecule has 0 aliphatic carbocycles. The summed E-state index contributed by atoms with van der Waals surface area (Å²) < 4.78 is 13.0. The highest BCUT2D eigenvalue weighted by Gasteiger charge is 2.20. The standard InChI is InChI=1S/C21H21N5O3S2/c1-4-10-26-19(14(2)29-17-7-5-16(28-3)6-8-17)24-25-21(26)31-13-18(27)23-20-15(12-22)9-11-30-20/h4-9,11,14H,1,10,13H2,2-3H3,(H,23,27). The minimum atomic E-state index is -0.367. The predicted octanol–water partition coefficient (Wildman–Crippen LogP) is 4.28. The smallest absolute Gasteiger partial charge is 0.235 e. The Morgan fingerprint density at radius 1 is 1.35 bits per heavy atom. The fourth-order valence-electron chi connectivity index (χ4n) is 2.71. The van der Waals surface area contributed by atoms with E-state index >= 15 is 0 Å². The summed E-state index contributed by atoms with van der Waals surface area (Å²) >= 11 is 2.57. The fraction of sp³-hybridized carbons (Fsp3) is 0.238. The highest BCUT2D eigenvalue weighted by atomic mass is 32.2. The highest BCUT2D eigenvalue weighted by Crippen LogP contribution is 2.27. The summed E-state index contributed by atoms with van der Waals surface area (Å²) in [7, 11) is 1.61. The molecular weight excluding hydrogens is 434 g/mol. The van der Waals surface area contributed by atoms with Crippen molar-refractivity contribution < 1.29 is 14.3 Å². The third-order valence-corrected chi connectivity index (χ3v) is 5.96. The topological polar surface area (TPSA) is 102 Å². The van der Waals surface area contributed by atoms with Gasteiger partial charge in [-0.3, -0.25) is 9.36 Å². The molecule has 2 aromatic heterocycles. The van der Waals surface area contributed by atoms with Crippen molar-refractivity contribution in [1.82, 2.24) is 14.8 Å². The predicted molar refractivity (Wildman–Crippen MR) is 121 cm³/mol. The van der Waals surface area contributed by atoms with E-state index in [0.717, 1.165) is 5.75 Å². The van der Waals surface area contributed by atoms with Crippen LogP contribution in [0.5, 0.6) is 11.5 Å². The minimum absolute atomic E-state index is 0.131. The first kappa shape index (κ1) is 22.4. The van der Waals surface area contributed by atoms with Gasteiger partial charge in [-0.25, -0.2) is 0 Å². The van der Waals surface area contributed by atoms with Crippen LogP contribution in [0.2, 0.25) is 0 Å². The van der Waals surface area contributed by atoms with Gasteiger partial charge in [-0.05, 0) is 42.6 Å². The molecule has 0 aliphatic heterocycles. The summed E-state index contributed by atoms with van der Waals surface area (Å²) in [6, 6.07) is 11.0. The number of thioether (sulfide) groups is 1. The van der Waals surface area contributed by atoms with Gasteiger partial charge in [-0.2, -0.15) is 5.26 Å². The number of anilines is 1. The number of carbonyl (C=O) groups excluding carboxylic acids is 1. The molecule has 2 heterocycles. The molecule has 0 fully saturated rings. The summed E-state index contributed by atoms with van der Waals surface area (Å²) in [6.45, 7) is 6.16. The van der Waals surface area contributed by atoms with Gasteiger partial charge in [0, 0.05) is 6.54 Å². The summed E-state index contributed by atoms with van der Waals surface area (Å²) in [6.07, 6.45) is 1.37. The number of benzene rings is 1. The van der Waals surface area contributed by atoms with Crippen molar-refractivity contribution in [2.45, 2.75) is 24.7 Å². The Labute approximate surface area is 188 Å². The number of amides is 1. The number of ether oxygens (including phenoxy) is 2. The van der Waals surface area contributed by atoms with Gasteiger partial charge in [-0.1, -0.05) is 17.8 Å². The molecule has 1 amide bonds. The van der Waals surface area contributed by atoms with Crippen LogP contribution < -0.4 is 14.8 Å². The van der Waals surface area contributed by atoms with E-state index in [9.17, 15) is 4.79 Å². The number of hydrogen-bond acceptors (Lipinski definition) is 8. The van der Waals surface area contributed by atoms with Crippen molar-refractivity contribution >= 4 is 34.0 Å². The summed E-state index contributed by atoms with van der Waals surface area (Å²) in [4.78, 5) is 12.3. The quantitative estimate of drug-likeness (QED) is 0.360. The first-order chi connectivity index (χ1) is 15.0. The molecule has 1 N–H and O–H groups in total. The van der Waals surface area contributed by atoms with E-state index in [-0.39, 0.29) is 17.8 Å². The molecule has 0 aliphatic rings. The second kappa shape index (κ2) is 10.7. The number of thiophene rings is 1. The molecular formula is C21H21N5O3S2.